The van der Waals surface area contributed by atoms with Crippen molar-refractivity contribution in [1.82, 2.24) is 4.98 Å². The lowest BCUT2D eigenvalue weighted by molar-refractivity contribution is -0.131. The molecule has 0 aliphatic rings. The van der Waals surface area contributed by atoms with Crippen molar-refractivity contribution in [2.75, 3.05) is 0 Å². The van der Waals surface area contributed by atoms with Gasteiger partial charge in [-0.25, -0.2) is 9.78 Å². The second kappa shape index (κ2) is 9.45. The maximum absolute atomic E-state index is 10.7. The number of hydrogen-bond donors (Lipinski definition) is 1. The van der Waals surface area contributed by atoms with Gasteiger partial charge < -0.3 is 14.6 Å². The second-order valence-electron chi connectivity index (χ2n) is 6.13. The highest BCUT2D eigenvalue weighted by Crippen LogP contribution is 2.32. The fourth-order valence-corrected chi connectivity index (χ4v) is 2.89. The average Bonchev–Trinajstić information content (AvgIpc) is 2.70. The Morgan fingerprint density at radius 3 is 2.62 bits per heavy atom. The van der Waals surface area contributed by atoms with Crippen LogP contribution in [0.25, 0.3) is 6.08 Å². The van der Waals surface area contributed by atoms with Crippen LogP contribution in [0.3, 0.4) is 0 Å². The molecule has 0 fully saturated rings. The molecule has 0 amide bonds. The number of carboxylic acids is 1. The molecule has 2 aromatic carbocycles. The lowest BCUT2D eigenvalue weighted by atomic mass is 10.1. The normalized spacial score (nSPS) is 10.9. The van der Waals surface area contributed by atoms with Crippen LogP contribution in [0.1, 0.15) is 16.7 Å². The molecule has 29 heavy (non-hydrogen) atoms. The smallest absolute Gasteiger partial charge is 0.328 e. The quantitative estimate of drug-likeness (QED) is 0.455. The van der Waals surface area contributed by atoms with E-state index in [1.54, 1.807) is 30.5 Å². The molecule has 0 saturated heterocycles. The van der Waals surface area contributed by atoms with Gasteiger partial charge in [-0.05, 0) is 48.4 Å². The molecule has 0 atom stereocenters. The summed E-state index contributed by atoms with van der Waals surface area (Å²) in [5, 5.41) is 9.75. The Morgan fingerprint density at radius 1 is 1.14 bits per heavy atom. The van der Waals surface area contributed by atoms with Crippen LogP contribution in [0.2, 0.25) is 10.0 Å². The van der Waals surface area contributed by atoms with Crippen LogP contribution in [0.4, 0.5) is 0 Å². The lowest BCUT2D eigenvalue weighted by Crippen LogP contribution is -1.97. The van der Waals surface area contributed by atoms with Gasteiger partial charge in [-0.2, -0.15) is 0 Å². The summed E-state index contributed by atoms with van der Waals surface area (Å²) in [5.41, 5.74) is 2.40. The number of ether oxygens (including phenoxy) is 2. The van der Waals surface area contributed by atoms with Gasteiger partial charge in [0.05, 0.1) is 11.2 Å². The molecule has 1 N–H and O–H groups in total. The maximum atomic E-state index is 10.7. The highest BCUT2D eigenvalue weighted by molar-refractivity contribution is 6.32. The van der Waals surface area contributed by atoms with E-state index >= 15 is 0 Å². The minimum Gasteiger partial charge on any atom is -0.487 e. The van der Waals surface area contributed by atoms with Crippen LogP contribution < -0.4 is 9.47 Å². The molecule has 148 valence electrons. The molecule has 0 spiro atoms. The molecule has 0 unspecified atom stereocenters. The number of aliphatic carboxylic acids is 1. The first kappa shape index (κ1) is 20.7. The van der Waals surface area contributed by atoms with Crippen molar-refractivity contribution in [3.05, 3.63) is 87.5 Å². The van der Waals surface area contributed by atoms with Gasteiger partial charge in [0.2, 0.25) is 5.88 Å². The third kappa shape index (κ3) is 5.73. The van der Waals surface area contributed by atoms with E-state index in [-0.39, 0.29) is 0 Å². The first-order valence-corrected chi connectivity index (χ1v) is 9.39. The van der Waals surface area contributed by atoms with Crippen molar-refractivity contribution < 1.29 is 19.4 Å². The number of aromatic nitrogens is 1. The second-order valence-corrected chi connectivity index (χ2v) is 6.94. The van der Waals surface area contributed by atoms with Crippen molar-refractivity contribution in [2.45, 2.75) is 13.5 Å². The molecule has 7 heteroatoms. The van der Waals surface area contributed by atoms with Crippen LogP contribution in [-0.4, -0.2) is 16.1 Å². The van der Waals surface area contributed by atoms with Crippen molar-refractivity contribution in [3.63, 3.8) is 0 Å². The Labute approximate surface area is 178 Å². The zero-order valence-corrected chi connectivity index (χ0v) is 16.9. The fraction of sp³-hybridized carbons (Fsp3) is 0.0909. The number of hydrogen-bond acceptors (Lipinski definition) is 4. The summed E-state index contributed by atoms with van der Waals surface area (Å²) in [7, 11) is 0. The molecule has 3 aromatic rings. The summed E-state index contributed by atoms with van der Waals surface area (Å²) < 4.78 is 11.4. The van der Waals surface area contributed by atoms with Crippen LogP contribution in [0.5, 0.6) is 17.4 Å². The molecule has 0 aliphatic carbocycles. The van der Waals surface area contributed by atoms with E-state index in [0.29, 0.717) is 39.6 Å². The van der Waals surface area contributed by atoms with Crippen LogP contribution in [0.15, 0.2) is 60.8 Å². The minimum atomic E-state index is -1.03. The topological polar surface area (TPSA) is 68.7 Å². The first-order valence-electron chi connectivity index (χ1n) is 8.63. The lowest BCUT2D eigenvalue weighted by Gasteiger charge is -2.11. The van der Waals surface area contributed by atoms with Gasteiger partial charge in [-0.15, -0.1) is 0 Å². The summed E-state index contributed by atoms with van der Waals surface area (Å²) >= 11 is 12.4. The molecule has 0 saturated carbocycles. The first-order chi connectivity index (χ1) is 13.9. The number of pyridine rings is 1. The Morgan fingerprint density at radius 2 is 1.93 bits per heavy atom. The van der Waals surface area contributed by atoms with Crippen molar-refractivity contribution in [1.29, 1.82) is 0 Å². The number of nitrogens with zero attached hydrogens (tertiary/aromatic N) is 1. The molecule has 0 aliphatic heterocycles. The predicted octanol–water partition coefficient (Wildman–Crippen LogP) is 6.17. The molecule has 0 bridgehead atoms. The zero-order chi connectivity index (χ0) is 20.8. The fourth-order valence-electron chi connectivity index (χ4n) is 2.49. The van der Waals surface area contributed by atoms with Gasteiger partial charge in [-0.3, -0.25) is 0 Å². The van der Waals surface area contributed by atoms with E-state index in [9.17, 15) is 4.79 Å². The molecule has 3 rings (SSSR count). The number of aryl methyl sites for hydroxylation is 1. The summed E-state index contributed by atoms with van der Waals surface area (Å²) in [4.78, 5) is 14.9. The number of halogens is 2. The van der Waals surface area contributed by atoms with E-state index in [1.807, 2.05) is 31.2 Å². The number of carboxylic acid groups (broad SMARTS) is 1. The molecule has 1 heterocycles. The van der Waals surface area contributed by atoms with E-state index in [2.05, 4.69) is 4.98 Å². The summed E-state index contributed by atoms with van der Waals surface area (Å²) in [6.45, 7) is 2.17. The standard InChI is InChI=1S/C22H17Cl2NO4/c1-14-10-20(19(24)11-15(14)6-9-22(26)27)29-21-8-7-17(12-25-21)28-13-16-4-2-3-5-18(16)23/h2-12H,13H2,1H3,(H,26,27)/b9-6+. The Bertz CT molecular complexity index is 1050. The van der Waals surface area contributed by atoms with E-state index in [0.717, 1.165) is 17.2 Å². The van der Waals surface area contributed by atoms with Crippen LogP contribution in [0, 0.1) is 6.92 Å². The summed E-state index contributed by atoms with van der Waals surface area (Å²) in [6.07, 6.45) is 4.09. The predicted molar refractivity (Wildman–Crippen MR) is 113 cm³/mol. The van der Waals surface area contributed by atoms with Gasteiger partial charge in [0.25, 0.3) is 0 Å². The molecule has 0 radical (unpaired) electrons. The highest BCUT2D eigenvalue weighted by Gasteiger charge is 2.09. The molecular formula is C22H17Cl2NO4. The van der Waals surface area contributed by atoms with E-state index in [4.69, 9.17) is 37.8 Å². The van der Waals surface area contributed by atoms with Crippen molar-refractivity contribution >= 4 is 35.2 Å². The Hall–Kier alpha value is -3.02. The summed E-state index contributed by atoms with van der Waals surface area (Å²) in [6, 6.07) is 14.3. The SMILES string of the molecule is Cc1cc(Oc2ccc(OCc3ccccc3Cl)cn2)c(Cl)cc1/C=C/C(=O)O. The van der Waals surface area contributed by atoms with Gasteiger partial charge in [0.15, 0.2) is 0 Å². The number of benzene rings is 2. The van der Waals surface area contributed by atoms with E-state index in [1.165, 1.54) is 6.08 Å². The molecular weight excluding hydrogens is 413 g/mol. The highest BCUT2D eigenvalue weighted by atomic mass is 35.5. The Kier molecular flexibility index (Phi) is 6.75. The van der Waals surface area contributed by atoms with Gasteiger partial charge in [0.1, 0.15) is 18.1 Å². The monoisotopic (exact) mass is 429 g/mol. The number of carbonyl (C=O) groups is 1. The van der Waals surface area contributed by atoms with Gasteiger partial charge in [0, 0.05) is 22.7 Å². The van der Waals surface area contributed by atoms with Crippen LogP contribution >= 0.6 is 23.2 Å². The van der Waals surface area contributed by atoms with Gasteiger partial charge >= 0.3 is 5.97 Å². The summed E-state index contributed by atoms with van der Waals surface area (Å²) in [5.74, 6) is 0.328. The maximum Gasteiger partial charge on any atom is 0.328 e. The largest absolute Gasteiger partial charge is 0.487 e. The van der Waals surface area contributed by atoms with Crippen LogP contribution in [-0.2, 0) is 11.4 Å². The van der Waals surface area contributed by atoms with Crippen molar-refractivity contribution in [2.24, 2.45) is 0 Å². The Balaban J connectivity index is 1.67. The molecule has 1 aromatic heterocycles. The van der Waals surface area contributed by atoms with Gasteiger partial charge in [-0.1, -0.05) is 41.4 Å². The molecule has 5 nitrogen and oxygen atoms in total. The van der Waals surface area contributed by atoms with E-state index < -0.39 is 5.97 Å². The average molecular weight is 430 g/mol. The van der Waals surface area contributed by atoms with Crippen molar-refractivity contribution in [3.8, 4) is 17.4 Å². The minimum absolute atomic E-state index is 0.331. The number of rotatable bonds is 7. The third-order valence-electron chi connectivity index (χ3n) is 4.00. The zero-order valence-electron chi connectivity index (χ0n) is 15.4. The third-order valence-corrected chi connectivity index (χ3v) is 4.67.